The van der Waals surface area contributed by atoms with Crippen LogP contribution < -0.4 is 0 Å². The van der Waals surface area contributed by atoms with E-state index in [1.54, 1.807) is 0 Å². The molecule has 0 aliphatic rings. The smallest absolute Gasteiger partial charge is 0.412 e. The summed E-state index contributed by atoms with van der Waals surface area (Å²) in [5.41, 5.74) is 0. The van der Waals surface area contributed by atoms with Crippen molar-refractivity contribution in [2.24, 2.45) is 0 Å². The third-order valence-corrected chi connectivity index (χ3v) is 5.17. The lowest BCUT2D eigenvalue weighted by atomic mass is 10.4. The van der Waals surface area contributed by atoms with Gasteiger partial charge in [0.15, 0.2) is 0 Å². The summed E-state index contributed by atoms with van der Waals surface area (Å²) in [6.07, 6.45) is -0.840. The van der Waals surface area contributed by atoms with E-state index >= 15 is 0 Å². The van der Waals surface area contributed by atoms with Crippen LogP contribution in [0.25, 0.3) is 0 Å². The van der Waals surface area contributed by atoms with Crippen molar-refractivity contribution in [2.75, 3.05) is 39.6 Å². The molecule has 0 amide bonds. The minimum atomic E-state index is -2.65. The summed E-state index contributed by atoms with van der Waals surface area (Å²) < 4.78 is 22.2. The monoisotopic (exact) mass is 300 g/mol. The molecule has 0 aromatic rings. The minimum absolute atomic E-state index is 0. The van der Waals surface area contributed by atoms with E-state index in [2.05, 4.69) is 0 Å². The van der Waals surface area contributed by atoms with Crippen molar-refractivity contribution < 1.29 is 33.7 Å². The second-order valence-corrected chi connectivity index (χ2v) is 6.38. The van der Waals surface area contributed by atoms with Crippen LogP contribution in [0.5, 0.6) is 0 Å². The molecule has 0 spiro atoms. The van der Waals surface area contributed by atoms with Gasteiger partial charge in [0.05, 0.1) is 19.8 Å². The summed E-state index contributed by atoms with van der Waals surface area (Å²) in [6.45, 7) is 7.48. The molecule has 0 aliphatic heterocycles. The van der Waals surface area contributed by atoms with Crippen molar-refractivity contribution >= 4 is 8.80 Å². The first-order valence-electron chi connectivity index (χ1n) is 6.42. The zero-order valence-electron chi connectivity index (χ0n) is 12.1. The Morgan fingerprint density at radius 2 is 1.47 bits per heavy atom. The Morgan fingerprint density at radius 3 is 1.84 bits per heavy atom. The van der Waals surface area contributed by atoms with Gasteiger partial charge in [0.1, 0.15) is 6.10 Å². The molecule has 0 saturated carbocycles. The third-order valence-electron chi connectivity index (χ3n) is 2.17. The number of ether oxygens (including phenoxy) is 1. The van der Waals surface area contributed by atoms with Crippen LogP contribution in [0.1, 0.15) is 20.8 Å². The molecule has 0 aromatic carbocycles. The Balaban J connectivity index is 0. The van der Waals surface area contributed by atoms with Gasteiger partial charge in [0.2, 0.25) is 0 Å². The average Bonchev–Trinajstić information content (AvgIpc) is 2.35. The Hall–Kier alpha value is -0.0631. The SMILES string of the molecule is CCO[Si](CCOCC(O)CO)(OCC)OCC.O. The van der Waals surface area contributed by atoms with E-state index in [9.17, 15) is 0 Å². The van der Waals surface area contributed by atoms with Gasteiger partial charge in [-0.15, -0.1) is 0 Å². The second-order valence-electron chi connectivity index (χ2n) is 3.64. The predicted molar refractivity (Wildman–Crippen MR) is 73.0 cm³/mol. The van der Waals surface area contributed by atoms with Gasteiger partial charge in [0.25, 0.3) is 0 Å². The highest BCUT2D eigenvalue weighted by molar-refractivity contribution is 6.60. The van der Waals surface area contributed by atoms with Gasteiger partial charge < -0.3 is 33.7 Å². The molecular formula is C11H28O7Si. The highest BCUT2D eigenvalue weighted by Gasteiger charge is 2.39. The summed E-state index contributed by atoms with van der Waals surface area (Å²) in [6, 6.07) is 0.542. The quantitative estimate of drug-likeness (QED) is 0.374. The average molecular weight is 300 g/mol. The molecule has 7 nitrogen and oxygen atoms in total. The molecule has 19 heavy (non-hydrogen) atoms. The molecule has 1 unspecified atom stereocenters. The van der Waals surface area contributed by atoms with Crippen molar-refractivity contribution in [1.82, 2.24) is 0 Å². The molecule has 0 saturated heterocycles. The van der Waals surface area contributed by atoms with Crippen LogP contribution in [0.4, 0.5) is 0 Å². The molecule has 8 heteroatoms. The molecule has 0 aromatic heterocycles. The Morgan fingerprint density at radius 1 is 1.00 bits per heavy atom. The van der Waals surface area contributed by atoms with E-state index in [1.807, 2.05) is 20.8 Å². The predicted octanol–water partition coefficient (Wildman–Crippen LogP) is -0.420. The minimum Gasteiger partial charge on any atom is -0.412 e. The van der Waals surface area contributed by atoms with E-state index < -0.39 is 14.9 Å². The lowest BCUT2D eigenvalue weighted by Gasteiger charge is -2.28. The maximum absolute atomic E-state index is 9.14. The Labute approximate surface area is 116 Å². The van der Waals surface area contributed by atoms with E-state index in [0.29, 0.717) is 32.5 Å². The topological polar surface area (TPSA) is 109 Å². The van der Waals surface area contributed by atoms with Gasteiger partial charge in [-0.25, -0.2) is 0 Å². The Bertz CT molecular complexity index is 177. The van der Waals surface area contributed by atoms with Gasteiger partial charge in [-0.05, 0) is 20.8 Å². The summed E-state index contributed by atoms with van der Waals surface area (Å²) in [5, 5.41) is 17.8. The lowest BCUT2D eigenvalue weighted by molar-refractivity contribution is 0.00307. The zero-order valence-corrected chi connectivity index (χ0v) is 13.1. The first-order chi connectivity index (χ1) is 8.64. The van der Waals surface area contributed by atoms with Crippen molar-refractivity contribution in [2.45, 2.75) is 32.9 Å². The maximum atomic E-state index is 9.14. The molecule has 0 heterocycles. The molecule has 0 fully saturated rings. The first-order valence-corrected chi connectivity index (χ1v) is 8.35. The summed E-state index contributed by atoms with van der Waals surface area (Å²) in [5.74, 6) is 0. The summed E-state index contributed by atoms with van der Waals surface area (Å²) >= 11 is 0. The van der Waals surface area contributed by atoms with Crippen molar-refractivity contribution in [3.8, 4) is 0 Å². The van der Waals surface area contributed by atoms with Crippen LogP contribution in [-0.4, -0.2) is 70.2 Å². The lowest BCUT2D eigenvalue weighted by Crippen LogP contribution is -2.47. The van der Waals surface area contributed by atoms with Crippen LogP contribution >= 0.6 is 0 Å². The van der Waals surface area contributed by atoms with E-state index in [1.165, 1.54) is 0 Å². The Kier molecular flexibility index (Phi) is 14.5. The van der Waals surface area contributed by atoms with Gasteiger partial charge in [-0.3, -0.25) is 0 Å². The standard InChI is InChI=1S/C11H26O6Si.H2O/c1-4-15-18(16-5-2,17-6-3)8-7-14-10-11(13)9-12;/h11-13H,4-10H2,1-3H3;1H2. The fourth-order valence-electron chi connectivity index (χ4n) is 1.47. The molecule has 0 bridgehead atoms. The number of aliphatic hydroxyl groups excluding tert-OH is 2. The highest BCUT2D eigenvalue weighted by Crippen LogP contribution is 2.16. The van der Waals surface area contributed by atoms with E-state index in [-0.39, 0.29) is 18.7 Å². The maximum Gasteiger partial charge on any atom is 0.503 e. The third kappa shape index (κ3) is 9.47. The van der Waals surface area contributed by atoms with Gasteiger partial charge in [-0.1, -0.05) is 0 Å². The fourth-order valence-corrected chi connectivity index (χ4v) is 3.87. The van der Waals surface area contributed by atoms with Crippen molar-refractivity contribution in [1.29, 1.82) is 0 Å². The number of aliphatic hydroxyl groups is 2. The number of hydrogen-bond donors (Lipinski definition) is 2. The largest absolute Gasteiger partial charge is 0.503 e. The molecule has 1 atom stereocenters. The molecule has 0 radical (unpaired) electrons. The zero-order chi connectivity index (χ0) is 13.9. The van der Waals surface area contributed by atoms with E-state index in [0.717, 1.165) is 0 Å². The van der Waals surface area contributed by atoms with Crippen LogP contribution in [-0.2, 0) is 18.0 Å². The van der Waals surface area contributed by atoms with Crippen LogP contribution in [0.15, 0.2) is 0 Å². The fraction of sp³-hybridized carbons (Fsp3) is 1.00. The molecular weight excluding hydrogens is 272 g/mol. The molecule has 0 rings (SSSR count). The van der Waals surface area contributed by atoms with Crippen LogP contribution in [0.3, 0.4) is 0 Å². The number of rotatable bonds is 12. The highest BCUT2D eigenvalue weighted by atomic mass is 28.4. The molecule has 0 aliphatic carbocycles. The van der Waals surface area contributed by atoms with Crippen molar-refractivity contribution in [3.05, 3.63) is 0 Å². The van der Waals surface area contributed by atoms with Crippen molar-refractivity contribution in [3.63, 3.8) is 0 Å². The van der Waals surface area contributed by atoms with Gasteiger partial charge in [-0.2, -0.15) is 0 Å². The molecule has 4 N–H and O–H groups in total. The summed E-state index contributed by atoms with van der Waals surface area (Å²) in [7, 11) is -2.65. The summed E-state index contributed by atoms with van der Waals surface area (Å²) in [4.78, 5) is 0. The normalized spacial score (nSPS) is 13.1. The molecule has 118 valence electrons. The second kappa shape index (κ2) is 12.9. The van der Waals surface area contributed by atoms with Gasteiger partial charge >= 0.3 is 8.80 Å². The first kappa shape index (κ1) is 21.2. The number of hydrogen-bond acceptors (Lipinski definition) is 6. The van der Waals surface area contributed by atoms with Crippen LogP contribution in [0.2, 0.25) is 6.04 Å². The van der Waals surface area contributed by atoms with Crippen LogP contribution in [0, 0.1) is 0 Å². The van der Waals surface area contributed by atoms with Gasteiger partial charge in [0, 0.05) is 25.9 Å². The van der Waals surface area contributed by atoms with E-state index in [4.69, 9.17) is 28.2 Å².